The predicted octanol–water partition coefficient (Wildman–Crippen LogP) is 4.46. The molecule has 2 nitrogen and oxygen atoms in total. The molecule has 1 aliphatic rings. The number of hydrogen-bond acceptors (Lipinski definition) is 2. The fourth-order valence-corrected chi connectivity index (χ4v) is 3.87. The van der Waals surface area contributed by atoms with Gasteiger partial charge < -0.3 is 0 Å². The molecule has 0 bridgehead atoms. The molecule has 0 heterocycles. The van der Waals surface area contributed by atoms with Crippen LogP contribution in [-0.4, -0.2) is 26.0 Å². The fraction of sp³-hybridized carbons (Fsp3) is 0.450. The summed E-state index contributed by atoms with van der Waals surface area (Å²) in [6.45, 7) is 13.2. The van der Waals surface area contributed by atoms with E-state index >= 15 is 0 Å². The summed E-state index contributed by atoms with van der Waals surface area (Å²) >= 11 is -0.0304. The Hall–Kier alpha value is -1.31. The van der Waals surface area contributed by atoms with Crippen LogP contribution in [0.1, 0.15) is 41.5 Å². The third-order valence-electron chi connectivity index (χ3n) is 3.97. The average Bonchev–Trinajstić information content (AvgIpc) is 2.44. The Morgan fingerprint density at radius 2 is 1.57 bits per heavy atom. The molecular formula is C20H27NOSe. The third-order valence-corrected chi connectivity index (χ3v) is 5.56. The molecule has 0 aliphatic heterocycles. The molecule has 0 spiro atoms. The van der Waals surface area contributed by atoms with E-state index in [9.17, 15) is 5.11 Å². The molecule has 23 heavy (non-hydrogen) atoms. The molecule has 1 aliphatic carbocycles. The molecule has 0 radical (unpaired) electrons. The average molecular weight is 376 g/mol. The van der Waals surface area contributed by atoms with Gasteiger partial charge in [-0.1, -0.05) is 0 Å². The van der Waals surface area contributed by atoms with E-state index in [2.05, 4.69) is 59.8 Å². The molecule has 124 valence electrons. The van der Waals surface area contributed by atoms with Crippen molar-refractivity contribution in [3.05, 3.63) is 53.8 Å². The maximum absolute atomic E-state index is 10.6. The Kier molecular flexibility index (Phi) is 5.23. The third kappa shape index (κ3) is 4.59. The Labute approximate surface area is 146 Å². The molecule has 2 rings (SSSR count). The molecule has 0 saturated heterocycles. The van der Waals surface area contributed by atoms with Gasteiger partial charge in [0.2, 0.25) is 0 Å². The van der Waals surface area contributed by atoms with E-state index in [0.717, 1.165) is 11.3 Å². The predicted molar refractivity (Wildman–Crippen MR) is 100 cm³/mol. The summed E-state index contributed by atoms with van der Waals surface area (Å²) in [7, 11) is 0. The van der Waals surface area contributed by atoms with E-state index < -0.39 is 0 Å². The fourth-order valence-electron chi connectivity index (χ4n) is 2.47. The first-order valence-corrected chi connectivity index (χ1v) is 9.65. The molecule has 1 unspecified atom stereocenters. The van der Waals surface area contributed by atoms with Gasteiger partial charge in [0.1, 0.15) is 0 Å². The Morgan fingerprint density at radius 1 is 0.957 bits per heavy atom. The van der Waals surface area contributed by atoms with Gasteiger partial charge in [-0.05, 0) is 0 Å². The Morgan fingerprint density at radius 3 is 2.09 bits per heavy atom. The number of rotatable bonds is 2. The topological polar surface area (TPSA) is 32.6 Å². The van der Waals surface area contributed by atoms with Crippen LogP contribution in [-0.2, 0) is 0 Å². The van der Waals surface area contributed by atoms with Crippen LogP contribution in [0.5, 0.6) is 0 Å². The van der Waals surface area contributed by atoms with Crippen molar-refractivity contribution in [1.29, 1.82) is 0 Å². The number of hydrogen-bond donors (Lipinski definition) is 1. The summed E-state index contributed by atoms with van der Waals surface area (Å²) in [5, 5.41) is 10.6. The summed E-state index contributed by atoms with van der Waals surface area (Å²) in [4.78, 5) is 0. The summed E-state index contributed by atoms with van der Waals surface area (Å²) in [6, 6.07) is 10.3. The molecule has 0 saturated carbocycles. The minimum atomic E-state index is -0.0443. The van der Waals surface area contributed by atoms with Crippen molar-refractivity contribution in [3.8, 4) is 0 Å². The van der Waals surface area contributed by atoms with E-state index in [0.29, 0.717) is 5.76 Å². The van der Waals surface area contributed by atoms with Crippen LogP contribution < -0.4 is 4.46 Å². The molecule has 1 aromatic rings. The second-order valence-corrected chi connectivity index (χ2v) is 9.87. The van der Waals surface area contributed by atoms with Crippen molar-refractivity contribution < 1.29 is 5.11 Å². The zero-order valence-electron chi connectivity index (χ0n) is 14.9. The van der Waals surface area contributed by atoms with Crippen LogP contribution in [0.25, 0.3) is 0 Å². The van der Waals surface area contributed by atoms with Gasteiger partial charge in [-0.15, -0.1) is 0 Å². The normalized spacial score (nSPS) is 21.1. The molecule has 3 heteroatoms. The van der Waals surface area contributed by atoms with Crippen LogP contribution in [0.4, 0.5) is 0 Å². The second-order valence-electron chi connectivity index (χ2n) is 8.12. The van der Waals surface area contributed by atoms with Gasteiger partial charge >= 0.3 is 147 Å². The molecule has 1 atom stereocenters. The first-order valence-electron chi connectivity index (χ1n) is 8.03. The minimum absolute atomic E-state index is 0.0304. The van der Waals surface area contributed by atoms with Crippen LogP contribution in [0.3, 0.4) is 0 Å². The number of aliphatic hydroxyl groups is 1. The van der Waals surface area contributed by atoms with E-state index in [-0.39, 0.29) is 31.9 Å². The molecule has 0 aromatic heterocycles. The van der Waals surface area contributed by atoms with Crippen molar-refractivity contribution in [2.24, 2.45) is 20.8 Å². The number of aliphatic hydroxyl groups excluding tert-OH is 1. The van der Waals surface area contributed by atoms with Crippen LogP contribution in [0, 0.1) is 16.7 Å². The van der Waals surface area contributed by atoms with Gasteiger partial charge in [0.05, 0.1) is 0 Å². The second kappa shape index (κ2) is 6.67. The van der Waals surface area contributed by atoms with Gasteiger partial charge in [-0.25, -0.2) is 0 Å². The molecular weight excluding hydrogens is 349 g/mol. The van der Waals surface area contributed by atoms with Gasteiger partial charge in [0.15, 0.2) is 0 Å². The van der Waals surface area contributed by atoms with Crippen LogP contribution in [0.2, 0.25) is 0 Å². The van der Waals surface area contributed by atoms with Crippen LogP contribution >= 0.6 is 0 Å². The van der Waals surface area contributed by atoms with Crippen molar-refractivity contribution in [2.75, 3.05) is 0 Å². The van der Waals surface area contributed by atoms with Crippen molar-refractivity contribution in [1.82, 2.24) is 0 Å². The van der Waals surface area contributed by atoms with Crippen molar-refractivity contribution >= 4 is 25.3 Å². The standard InChI is InChI=1S/C20H27NOSe/c1-19(2,3)14-12-16(20(4,5)6)18(17(22)13-14)21-23-15-10-8-7-9-11-15/h7-14,22H,1-6H3/b21-18+. The van der Waals surface area contributed by atoms with E-state index in [1.165, 1.54) is 4.46 Å². The number of nitrogens with zero attached hydrogens (tertiary/aromatic N) is 1. The maximum atomic E-state index is 10.6. The van der Waals surface area contributed by atoms with E-state index in [4.69, 9.17) is 4.01 Å². The zero-order chi connectivity index (χ0) is 17.3. The summed E-state index contributed by atoms with van der Waals surface area (Å²) in [5.41, 5.74) is 1.95. The van der Waals surface area contributed by atoms with Gasteiger partial charge in [-0.3, -0.25) is 0 Å². The number of benzene rings is 1. The van der Waals surface area contributed by atoms with Crippen molar-refractivity contribution in [3.63, 3.8) is 0 Å². The van der Waals surface area contributed by atoms with Gasteiger partial charge in [0.25, 0.3) is 0 Å². The molecule has 0 amide bonds. The van der Waals surface area contributed by atoms with Crippen LogP contribution in [0.15, 0.2) is 57.8 Å². The Bertz CT molecular complexity index is 642. The zero-order valence-corrected chi connectivity index (χ0v) is 16.6. The SMILES string of the molecule is CC(C)(C)C1=CC(C(C)(C)C)C=C(O)/C1=N/[Se]c1ccccc1. The van der Waals surface area contributed by atoms with Gasteiger partial charge in [-0.2, -0.15) is 0 Å². The summed E-state index contributed by atoms with van der Waals surface area (Å²) in [6.07, 6.45) is 4.24. The summed E-state index contributed by atoms with van der Waals surface area (Å²) < 4.78 is 6.01. The molecule has 1 aromatic carbocycles. The Balaban J connectivity index is 2.39. The first-order chi connectivity index (χ1) is 10.6. The quantitative estimate of drug-likeness (QED) is 0.760. The van der Waals surface area contributed by atoms with Crippen molar-refractivity contribution in [2.45, 2.75) is 41.5 Å². The molecule has 1 N–H and O–H groups in total. The van der Waals surface area contributed by atoms with Gasteiger partial charge in [0, 0.05) is 0 Å². The van der Waals surface area contributed by atoms with E-state index in [1.807, 2.05) is 24.3 Å². The first kappa shape index (κ1) is 18.0. The van der Waals surface area contributed by atoms with E-state index in [1.54, 1.807) is 0 Å². The number of allylic oxidation sites excluding steroid dienone is 3. The molecule has 0 fully saturated rings. The monoisotopic (exact) mass is 377 g/mol. The summed E-state index contributed by atoms with van der Waals surface area (Å²) in [5.74, 6) is 0.551.